The number of piperidine rings is 1. The van der Waals surface area contributed by atoms with Gasteiger partial charge in [-0.3, -0.25) is 4.79 Å². The van der Waals surface area contributed by atoms with E-state index in [0.717, 1.165) is 31.5 Å². The molecule has 8 heteroatoms. The third-order valence-electron chi connectivity index (χ3n) is 6.00. The van der Waals surface area contributed by atoms with Gasteiger partial charge in [0.15, 0.2) is 0 Å². The third-order valence-corrected chi connectivity index (χ3v) is 7.37. The molecule has 1 fully saturated rings. The lowest BCUT2D eigenvalue weighted by Gasteiger charge is -2.28. The van der Waals surface area contributed by atoms with E-state index in [4.69, 9.17) is 4.74 Å². The highest BCUT2D eigenvalue weighted by Gasteiger charge is 2.22. The maximum atomic E-state index is 12.9. The summed E-state index contributed by atoms with van der Waals surface area (Å²) in [6.07, 6.45) is 1.83. The third kappa shape index (κ3) is 5.55. The maximum Gasteiger partial charge on any atom is 0.282 e. The zero-order valence-electron chi connectivity index (χ0n) is 19.3. The first-order chi connectivity index (χ1) is 15.1. The molecule has 3 rings (SSSR count). The molecule has 1 amide bonds. The molecule has 1 saturated heterocycles. The van der Waals surface area contributed by atoms with Crippen LogP contribution in [0.25, 0.3) is 0 Å². The molecule has 172 valence electrons. The molecule has 1 aliphatic heterocycles. The number of ether oxygens (including phenoxy) is 1. The second-order valence-corrected chi connectivity index (χ2v) is 10.0. The normalized spacial score (nSPS) is 16.1. The Labute approximate surface area is 190 Å². The minimum Gasteiger partial charge on any atom is -0.497 e. The highest BCUT2D eigenvalue weighted by molar-refractivity contribution is 7.90. The second-order valence-electron chi connectivity index (χ2n) is 8.40. The minimum absolute atomic E-state index is 0.126. The summed E-state index contributed by atoms with van der Waals surface area (Å²) < 4.78 is 35.0. The number of carbonyl (C=O) groups excluding carboxylic acids is 1. The van der Waals surface area contributed by atoms with Gasteiger partial charge in [0.1, 0.15) is 5.75 Å². The van der Waals surface area contributed by atoms with Crippen molar-refractivity contribution in [3.8, 4) is 5.75 Å². The van der Waals surface area contributed by atoms with E-state index in [0.29, 0.717) is 28.3 Å². The summed E-state index contributed by atoms with van der Waals surface area (Å²) >= 11 is 0. The Morgan fingerprint density at radius 2 is 1.78 bits per heavy atom. The summed E-state index contributed by atoms with van der Waals surface area (Å²) in [6.45, 7) is 7.29. The lowest BCUT2D eigenvalue weighted by atomic mass is 9.93. The molecule has 0 aromatic heterocycles. The van der Waals surface area contributed by atoms with Gasteiger partial charge in [-0.15, -0.1) is 0 Å². The Morgan fingerprint density at radius 3 is 2.38 bits per heavy atom. The zero-order chi connectivity index (χ0) is 23.5. The molecule has 0 unspecified atom stereocenters. The number of anilines is 1. The van der Waals surface area contributed by atoms with Crippen molar-refractivity contribution < 1.29 is 17.9 Å². The molecular weight excluding hydrogens is 426 g/mol. The Kier molecular flexibility index (Phi) is 7.36. The predicted molar refractivity (Wildman–Crippen MR) is 127 cm³/mol. The molecule has 0 bridgehead atoms. The first kappa shape index (κ1) is 23.9. The van der Waals surface area contributed by atoms with Crippen molar-refractivity contribution in [1.29, 1.82) is 0 Å². The summed E-state index contributed by atoms with van der Waals surface area (Å²) in [5.41, 5.74) is 3.18. The van der Waals surface area contributed by atoms with Gasteiger partial charge in [-0.2, -0.15) is 12.8 Å². The van der Waals surface area contributed by atoms with Crippen LogP contribution in [0.4, 0.5) is 5.69 Å². The first-order valence-corrected chi connectivity index (χ1v) is 12.1. The molecule has 0 atom stereocenters. The number of aryl methyl sites for hydroxylation is 2. The molecule has 1 N–H and O–H groups in total. The van der Waals surface area contributed by atoms with Gasteiger partial charge in [-0.1, -0.05) is 0 Å². The number of nitrogens with zero attached hydrogens (tertiary/aromatic N) is 2. The quantitative estimate of drug-likeness (QED) is 0.661. The molecule has 1 heterocycles. The molecular formula is C24H31N3O4S. The molecule has 0 aliphatic carbocycles. The highest BCUT2D eigenvalue weighted by Crippen LogP contribution is 2.25. The summed E-state index contributed by atoms with van der Waals surface area (Å²) in [5, 5.41) is 2.87. The highest BCUT2D eigenvalue weighted by atomic mass is 32.2. The first-order valence-electron chi connectivity index (χ1n) is 10.7. The summed E-state index contributed by atoms with van der Waals surface area (Å²) in [6, 6.07) is 9.89. The van der Waals surface area contributed by atoms with E-state index in [1.807, 2.05) is 6.92 Å². The van der Waals surface area contributed by atoms with E-state index in [2.05, 4.69) is 21.7 Å². The van der Waals surface area contributed by atoms with Crippen LogP contribution in [0.3, 0.4) is 0 Å². The maximum absolute atomic E-state index is 12.9. The van der Waals surface area contributed by atoms with Gasteiger partial charge in [0.25, 0.3) is 15.9 Å². The van der Waals surface area contributed by atoms with Crippen molar-refractivity contribution in [2.24, 2.45) is 10.3 Å². The number of rotatable bonds is 6. The Bertz CT molecular complexity index is 1130. The number of hydrogen-bond donors (Lipinski definition) is 1. The Morgan fingerprint density at radius 1 is 1.09 bits per heavy atom. The van der Waals surface area contributed by atoms with Crippen molar-refractivity contribution >= 4 is 27.3 Å². The second kappa shape index (κ2) is 9.83. The van der Waals surface area contributed by atoms with Crippen LogP contribution in [0.5, 0.6) is 5.75 Å². The fraction of sp³-hybridized carbons (Fsp3) is 0.417. The van der Waals surface area contributed by atoms with Gasteiger partial charge in [0.2, 0.25) is 0 Å². The van der Waals surface area contributed by atoms with Crippen LogP contribution in [0.1, 0.15) is 41.3 Å². The minimum atomic E-state index is -3.81. The summed E-state index contributed by atoms with van der Waals surface area (Å²) in [5.74, 6) is 0.606. The van der Waals surface area contributed by atoms with E-state index in [9.17, 15) is 13.2 Å². The molecule has 7 nitrogen and oxygen atoms in total. The smallest absolute Gasteiger partial charge is 0.282 e. The van der Waals surface area contributed by atoms with Crippen molar-refractivity contribution in [2.75, 3.05) is 32.6 Å². The Balaban J connectivity index is 1.77. The van der Waals surface area contributed by atoms with Crippen molar-refractivity contribution in [1.82, 2.24) is 4.90 Å². The van der Waals surface area contributed by atoms with Crippen LogP contribution in [0.2, 0.25) is 0 Å². The predicted octanol–water partition coefficient (Wildman–Crippen LogP) is 4.06. The zero-order valence-corrected chi connectivity index (χ0v) is 20.1. The van der Waals surface area contributed by atoms with Gasteiger partial charge in [-0.25, -0.2) is 0 Å². The van der Waals surface area contributed by atoms with E-state index >= 15 is 0 Å². The number of sulfonamides is 1. The van der Waals surface area contributed by atoms with Crippen LogP contribution in [0.15, 0.2) is 45.7 Å². The largest absolute Gasteiger partial charge is 0.497 e. The fourth-order valence-electron chi connectivity index (χ4n) is 3.89. The van der Waals surface area contributed by atoms with E-state index in [1.165, 1.54) is 6.07 Å². The Hall–Kier alpha value is -2.71. The fourth-order valence-corrected chi connectivity index (χ4v) is 5.09. The number of nitrogens with one attached hydrogen (secondary N) is 1. The van der Waals surface area contributed by atoms with Crippen LogP contribution < -0.4 is 10.1 Å². The molecule has 0 radical (unpaired) electrons. The van der Waals surface area contributed by atoms with E-state index in [-0.39, 0.29) is 16.7 Å². The number of methoxy groups -OCH3 is 1. The van der Waals surface area contributed by atoms with Crippen LogP contribution in [-0.4, -0.2) is 52.2 Å². The number of hydrogen-bond acceptors (Lipinski definition) is 5. The van der Waals surface area contributed by atoms with Gasteiger partial charge in [-0.05, 0) is 101 Å². The number of amides is 1. The molecule has 32 heavy (non-hydrogen) atoms. The molecule has 0 spiro atoms. The van der Waals surface area contributed by atoms with Crippen molar-refractivity contribution in [3.63, 3.8) is 0 Å². The van der Waals surface area contributed by atoms with Gasteiger partial charge >= 0.3 is 0 Å². The molecule has 2 aromatic carbocycles. The van der Waals surface area contributed by atoms with Crippen LogP contribution in [-0.2, 0) is 10.0 Å². The lowest BCUT2D eigenvalue weighted by molar-refractivity contribution is 0.102. The van der Waals surface area contributed by atoms with Crippen molar-refractivity contribution in [2.45, 2.75) is 38.5 Å². The van der Waals surface area contributed by atoms with Crippen LogP contribution in [0, 0.1) is 19.8 Å². The number of benzene rings is 2. The number of carbonyl (C=O) groups is 1. The van der Waals surface area contributed by atoms with Crippen LogP contribution >= 0.6 is 0 Å². The summed E-state index contributed by atoms with van der Waals surface area (Å²) in [4.78, 5) is 15.1. The molecule has 0 saturated carbocycles. The average molecular weight is 458 g/mol. The lowest BCUT2D eigenvalue weighted by Crippen LogP contribution is -2.33. The average Bonchev–Trinajstić information content (AvgIpc) is 2.74. The van der Waals surface area contributed by atoms with E-state index in [1.54, 1.807) is 51.3 Å². The molecule has 1 aliphatic rings. The number of likely N-dealkylation sites (tertiary alicyclic amines) is 1. The SMILES string of the molecule is COc1ccc(C(=O)Nc2ccc(S(=O)(=O)N=C(C)C3CCN(C)CC3)cc2C)c(C)c1. The van der Waals surface area contributed by atoms with Gasteiger partial charge in [0, 0.05) is 22.9 Å². The monoisotopic (exact) mass is 457 g/mol. The van der Waals surface area contributed by atoms with Gasteiger partial charge in [0.05, 0.1) is 12.0 Å². The standard InChI is InChI=1S/C24H31N3O4S/c1-16-14-20(31-5)6-8-22(16)24(28)25-23-9-7-21(15-17(23)2)32(29,30)26-18(3)19-10-12-27(4)13-11-19/h6-9,14-15,19H,10-13H2,1-5H3,(H,25,28). The summed E-state index contributed by atoms with van der Waals surface area (Å²) in [7, 11) is -0.165. The topological polar surface area (TPSA) is 88.1 Å². The van der Waals surface area contributed by atoms with Crippen molar-refractivity contribution in [3.05, 3.63) is 53.1 Å². The molecule has 2 aromatic rings. The van der Waals surface area contributed by atoms with E-state index < -0.39 is 10.0 Å². The van der Waals surface area contributed by atoms with Gasteiger partial charge < -0.3 is 15.0 Å².